The molecule has 0 saturated carbocycles. The van der Waals surface area contributed by atoms with Crippen molar-refractivity contribution >= 4 is 30.5 Å². The van der Waals surface area contributed by atoms with Gasteiger partial charge < -0.3 is 19.9 Å². The van der Waals surface area contributed by atoms with Crippen LogP contribution in [0.2, 0.25) is 0 Å². The van der Waals surface area contributed by atoms with Crippen LogP contribution >= 0.6 is 7.52 Å². The van der Waals surface area contributed by atoms with Gasteiger partial charge in [0.05, 0.1) is 12.4 Å². The molecule has 1 unspecified atom stereocenters. The second-order valence-electron chi connectivity index (χ2n) is 6.98. The number of nitrogen functional groups attached to an aromatic ring is 1. The molecule has 0 aromatic carbocycles. The van der Waals surface area contributed by atoms with Crippen LogP contribution in [0.5, 0.6) is 0 Å². The number of rotatable bonds is 9. The van der Waals surface area contributed by atoms with E-state index in [1.54, 1.807) is 20.2 Å². The fourth-order valence-electron chi connectivity index (χ4n) is 2.61. The zero-order valence-electron chi connectivity index (χ0n) is 16.0. The minimum Gasteiger partial charge on any atom is -0.462 e. The quantitative estimate of drug-likeness (QED) is 0.423. The summed E-state index contributed by atoms with van der Waals surface area (Å²) >= 11 is 0. The third-order valence-electron chi connectivity index (χ3n) is 3.96. The standard InChI is InChI=1S/C16H27N6O4P/c1-10(2)26-16(23)12(4)21-27(24,25)6-5-11(3)7-22-9-20-13-14(17)18-8-19-15(13)22/h8-12H,5-7H2,1-4H3,(H2,17,18,19)(H2,21,24,25)/t11-,12+/m0/s1. The average Bonchev–Trinajstić information content (AvgIpc) is 2.96. The molecule has 10 nitrogen and oxygen atoms in total. The first-order valence-electron chi connectivity index (χ1n) is 8.80. The molecule has 2 rings (SSSR count). The Morgan fingerprint density at radius 3 is 2.70 bits per heavy atom. The van der Waals surface area contributed by atoms with Crippen molar-refractivity contribution < 1.29 is 19.0 Å². The van der Waals surface area contributed by atoms with Crippen molar-refractivity contribution in [3.05, 3.63) is 12.7 Å². The molecule has 0 fully saturated rings. The lowest BCUT2D eigenvalue weighted by Crippen LogP contribution is -2.35. The number of nitrogens with two attached hydrogens (primary N) is 1. The molecule has 0 aliphatic heterocycles. The Kier molecular flexibility index (Phi) is 6.91. The summed E-state index contributed by atoms with van der Waals surface area (Å²) in [6.45, 7) is 7.50. The topological polar surface area (TPSA) is 145 Å². The van der Waals surface area contributed by atoms with Crippen molar-refractivity contribution in [2.24, 2.45) is 5.92 Å². The maximum Gasteiger partial charge on any atom is 0.323 e. The van der Waals surface area contributed by atoms with Gasteiger partial charge in [0.1, 0.15) is 17.9 Å². The summed E-state index contributed by atoms with van der Waals surface area (Å²) in [5.74, 6) is -0.147. The molecular formula is C16H27N6O4P. The van der Waals surface area contributed by atoms with Gasteiger partial charge in [-0.2, -0.15) is 0 Å². The van der Waals surface area contributed by atoms with E-state index in [0.717, 1.165) is 0 Å². The number of carbonyl (C=O) groups is 1. The Labute approximate surface area is 158 Å². The van der Waals surface area contributed by atoms with Gasteiger partial charge in [-0.1, -0.05) is 6.92 Å². The minimum atomic E-state index is -3.67. The molecule has 0 aliphatic carbocycles. The lowest BCUT2D eigenvalue weighted by atomic mass is 10.1. The molecule has 0 bridgehead atoms. The van der Waals surface area contributed by atoms with E-state index in [4.69, 9.17) is 10.5 Å². The van der Waals surface area contributed by atoms with Gasteiger partial charge in [-0.15, -0.1) is 0 Å². The second kappa shape index (κ2) is 8.77. The van der Waals surface area contributed by atoms with Gasteiger partial charge in [0.2, 0.25) is 0 Å². The molecule has 2 aromatic rings. The summed E-state index contributed by atoms with van der Waals surface area (Å²) in [7, 11) is -3.67. The highest BCUT2D eigenvalue weighted by atomic mass is 31.2. The summed E-state index contributed by atoms with van der Waals surface area (Å²) in [5, 5.41) is 2.49. The van der Waals surface area contributed by atoms with Crippen molar-refractivity contribution in [1.82, 2.24) is 24.6 Å². The average molecular weight is 398 g/mol. The van der Waals surface area contributed by atoms with E-state index in [2.05, 4.69) is 20.0 Å². The smallest absolute Gasteiger partial charge is 0.323 e. The van der Waals surface area contributed by atoms with E-state index in [-0.39, 0.29) is 18.2 Å². The van der Waals surface area contributed by atoms with Crippen LogP contribution in [0.15, 0.2) is 12.7 Å². The van der Waals surface area contributed by atoms with E-state index in [9.17, 15) is 14.3 Å². The number of hydrogen-bond donors (Lipinski definition) is 3. The van der Waals surface area contributed by atoms with Crippen LogP contribution in [-0.2, 0) is 20.6 Å². The maximum atomic E-state index is 12.4. The molecule has 2 aromatic heterocycles. The number of hydrogen-bond acceptors (Lipinski definition) is 7. The molecule has 2 heterocycles. The third kappa shape index (κ3) is 5.98. The minimum absolute atomic E-state index is 0.0389. The predicted molar refractivity (Wildman–Crippen MR) is 102 cm³/mol. The van der Waals surface area contributed by atoms with Gasteiger partial charge in [0, 0.05) is 12.7 Å². The summed E-state index contributed by atoms with van der Waals surface area (Å²) < 4.78 is 19.2. The van der Waals surface area contributed by atoms with Crippen LogP contribution < -0.4 is 10.8 Å². The van der Waals surface area contributed by atoms with Crippen LogP contribution in [0.1, 0.15) is 34.1 Å². The molecule has 27 heavy (non-hydrogen) atoms. The Bertz CT molecular complexity index is 839. The van der Waals surface area contributed by atoms with Crippen molar-refractivity contribution in [2.45, 2.75) is 52.8 Å². The maximum absolute atomic E-state index is 12.4. The van der Waals surface area contributed by atoms with Crippen molar-refractivity contribution in [3.63, 3.8) is 0 Å². The number of esters is 1. The van der Waals surface area contributed by atoms with Gasteiger partial charge in [-0.05, 0) is 33.1 Å². The number of ether oxygens (including phenoxy) is 1. The molecular weight excluding hydrogens is 371 g/mol. The Morgan fingerprint density at radius 2 is 2.04 bits per heavy atom. The fraction of sp³-hybridized carbons (Fsp3) is 0.625. The lowest BCUT2D eigenvalue weighted by molar-refractivity contribution is -0.149. The molecule has 0 saturated heterocycles. The number of imidazole rings is 1. The molecule has 0 aliphatic rings. The normalized spacial score (nSPS) is 16.2. The second-order valence-corrected chi connectivity index (χ2v) is 9.09. The highest BCUT2D eigenvalue weighted by Gasteiger charge is 2.26. The lowest BCUT2D eigenvalue weighted by Gasteiger charge is -2.20. The predicted octanol–water partition coefficient (Wildman–Crippen LogP) is 1.55. The van der Waals surface area contributed by atoms with Crippen LogP contribution in [-0.4, -0.2) is 48.7 Å². The van der Waals surface area contributed by atoms with E-state index in [1.807, 2.05) is 11.5 Å². The zero-order chi connectivity index (χ0) is 20.2. The SMILES string of the molecule is CC(C)OC(=O)[C@@H](C)NP(=O)(O)CC[C@H](C)Cn1cnc2c(N)ncnc21. The monoisotopic (exact) mass is 398 g/mol. The first kappa shape index (κ1) is 21.3. The Balaban J connectivity index is 1.90. The number of carbonyl (C=O) groups excluding carboxylic acids is 1. The number of anilines is 1. The molecule has 3 atom stereocenters. The van der Waals surface area contributed by atoms with Crippen molar-refractivity contribution in [2.75, 3.05) is 11.9 Å². The highest BCUT2D eigenvalue weighted by Crippen LogP contribution is 2.38. The van der Waals surface area contributed by atoms with Crippen LogP contribution in [0.25, 0.3) is 11.2 Å². The summed E-state index contributed by atoms with van der Waals surface area (Å²) in [6.07, 6.45) is 3.25. The van der Waals surface area contributed by atoms with E-state index in [0.29, 0.717) is 29.9 Å². The number of aromatic nitrogens is 4. The van der Waals surface area contributed by atoms with Gasteiger partial charge >= 0.3 is 5.97 Å². The molecule has 0 spiro atoms. The molecule has 150 valence electrons. The first-order chi connectivity index (χ1) is 12.6. The molecule has 11 heteroatoms. The van der Waals surface area contributed by atoms with Gasteiger partial charge in [-0.3, -0.25) is 9.36 Å². The van der Waals surface area contributed by atoms with E-state index < -0.39 is 19.5 Å². The number of fused-ring (bicyclic) bond motifs is 1. The van der Waals surface area contributed by atoms with Crippen LogP contribution in [0.3, 0.4) is 0 Å². The van der Waals surface area contributed by atoms with Gasteiger partial charge in [0.25, 0.3) is 7.52 Å². The molecule has 0 amide bonds. The Morgan fingerprint density at radius 1 is 1.33 bits per heavy atom. The Hall–Kier alpha value is -2.03. The van der Waals surface area contributed by atoms with Gasteiger partial charge in [0.15, 0.2) is 11.5 Å². The zero-order valence-corrected chi connectivity index (χ0v) is 16.9. The van der Waals surface area contributed by atoms with Crippen LogP contribution in [0, 0.1) is 5.92 Å². The number of nitrogens with one attached hydrogen (secondary N) is 1. The summed E-state index contributed by atoms with van der Waals surface area (Å²) in [5.41, 5.74) is 6.94. The fourth-order valence-corrected chi connectivity index (χ4v) is 4.24. The molecule has 4 N–H and O–H groups in total. The highest BCUT2D eigenvalue weighted by molar-refractivity contribution is 7.55. The summed E-state index contributed by atoms with van der Waals surface area (Å²) in [4.78, 5) is 34.2. The van der Waals surface area contributed by atoms with Crippen LogP contribution in [0.4, 0.5) is 5.82 Å². The largest absolute Gasteiger partial charge is 0.462 e. The van der Waals surface area contributed by atoms with E-state index >= 15 is 0 Å². The first-order valence-corrected chi connectivity index (χ1v) is 10.6. The summed E-state index contributed by atoms with van der Waals surface area (Å²) in [6, 6.07) is -0.851. The third-order valence-corrected chi connectivity index (χ3v) is 5.62. The van der Waals surface area contributed by atoms with Gasteiger partial charge in [-0.25, -0.2) is 20.0 Å². The van der Waals surface area contributed by atoms with E-state index in [1.165, 1.54) is 13.3 Å². The van der Waals surface area contributed by atoms with Crippen molar-refractivity contribution in [3.8, 4) is 0 Å². The number of nitrogens with zero attached hydrogens (tertiary/aromatic N) is 4. The van der Waals surface area contributed by atoms with Crippen molar-refractivity contribution in [1.29, 1.82) is 0 Å². The molecule has 0 radical (unpaired) electrons.